The molecule has 0 bridgehead atoms. The summed E-state index contributed by atoms with van der Waals surface area (Å²) in [5.74, 6) is 0. The Morgan fingerprint density at radius 3 is 1.37 bits per heavy atom. The molecule has 0 nitrogen and oxygen atoms in total. The van der Waals surface area contributed by atoms with Gasteiger partial charge in [0.15, 0.2) is 0 Å². The fourth-order valence-corrected chi connectivity index (χ4v) is 8.40. The zero-order valence-electron chi connectivity index (χ0n) is 12.4. The van der Waals surface area contributed by atoms with E-state index in [1.807, 2.05) is 0 Å². The first-order chi connectivity index (χ1) is 9.24. The van der Waals surface area contributed by atoms with Gasteiger partial charge in [-0.05, 0) is 0 Å². The molecule has 0 amide bonds. The predicted octanol–water partition coefficient (Wildman–Crippen LogP) is 6.02. The molecule has 0 aromatic rings. The third-order valence-electron chi connectivity index (χ3n) is 4.15. The molecule has 0 aliphatic heterocycles. The van der Waals surface area contributed by atoms with Crippen molar-refractivity contribution >= 4 is 0 Å². The monoisotopic (exact) mass is 332 g/mol. The molecule has 2 rings (SSSR count). The first-order valence-corrected chi connectivity index (χ1v) is 10.2. The van der Waals surface area contributed by atoms with Crippen molar-refractivity contribution in [2.75, 3.05) is 0 Å². The first-order valence-electron chi connectivity index (χ1n) is 7.78. The van der Waals surface area contributed by atoms with Crippen LogP contribution in [0.2, 0.25) is 6.25 Å². The van der Waals surface area contributed by atoms with Gasteiger partial charge in [-0.1, -0.05) is 0 Å². The van der Waals surface area contributed by atoms with Crippen LogP contribution in [-0.2, 0) is 23.2 Å². The molecule has 0 atom stereocenters. The Morgan fingerprint density at radius 2 is 1.05 bits per heavy atom. The molecule has 102 valence electrons. The second-order valence-electron chi connectivity index (χ2n) is 5.85. The molecule has 0 unspecified atom stereocenters. The van der Waals surface area contributed by atoms with Crippen LogP contribution < -0.4 is 0 Å². The van der Waals surface area contributed by atoms with E-state index in [0.29, 0.717) is 6.25 Å². The van der Waals surface area contributed by atoms with Gasteiger partial charge in [0.2, 0.25) is 0 Å². The summed E-state index contributed by atoms with van der Waals surface area (Å²) in [7, 11) is 0. The summed E-state index contributed by atoms with van der Waals surface area (Å²) in [6.07, 6.45) is 27.3. The summed E-state index contributed by atoms with van der Waals surface area (Å²) in [5, 5.41) is 0. The van der Waals surface area contributed by atoms with Crippen LogP contribution in [0.5, 0.6) is 0 Å². The standard InChI is InChI=1S/2C9H13.Zr/c2*1-2-3-6-9-7-4-5-8-9;/h2*4-5,7-8H,2-3,6H2,1H3;. The normalized spacial score (nSPS) is 21.4. The molecule has 0 aromatic heterocycles. The molecule has 1 heteroatoms. The Bertz CT molecular complexity index is 336. The maximum atomic E-state index is 2.52. The van der Waals surface area contributed by atoms with E-state index in [-0.39, 0.29) is 0 Å². The molecule has 0 aromatic carbocycles. The van der Waals surface area contributed by atoms with E-state index in [4.69, 9.17) is 0 Å². The van der Waals surface area contributed by atoms with Crippen LogP contribution in [0.25, 0.3) is 0 Å². The minimum atomic E-state index is -0.571. The molecule has 0 N–H and O–H groups in total. The van der Waals surface area contributed by atoms with Crippen molar-refractivity contribution in [1.82, 2.24) is 0 Å². The van der Waals surface area contributed by atoms with Gasteiger partial charge < -0.3 is 0 Å². The van der Waals surface area contributed by atoms with Crippen LogP contribution in [0, 0.1) is 0 Å². The van der Waals surface area contributed by atoms with Crippen molar-refractivity contribution in [2.24, 2.45) is 0 Å². The average Bonchev–Trinajstić information content (AvgIpc) is 3.05. The Labute approximate surface area is 130 Å². The molecule has 2 aliphatic carbocycles. The van der Waals surface area contributed by atoms with Gasteiger partial charge in [-0.2, -0.15) is 0 Å². The van der Waals surface area contributed by atoms with Gasteiger partial charge in [-0.15, -0.1) is 0 Å². The van der Waals surface area contributed by atoms with Gasteiger partial charge in [-0.3, -0.25) is 0 Å². The van der Waals surface area contributed by atoms with Gasteiger partial charge >= 0.3 is 130 Å². The molecule has 0 radical (unpaired) electrons. The van der Waals surface area contributed by atoms with Gasteiger partial charge in [0.1, 0.15) is 0 Å². The number of hydrogen-bond donors (Lipinski definition) is 0. The molecule has 0 spiro atoms. The third-order valence-corrected chi connectivity index (χ3v) is 9.31. The number of hydrogen-bond acceptors (Lipinski definition) is 0. The maximum absolute atomic E-state index is 2.52. The molecule has 0 fully saturated rings. The number of rotatable bonds is 8. The Morgan fingerprint density at radius 1 is 0.684 bits per heavy atom. The zero-order valence-corrected chi connectivity index (χ0v) is 14.8. The van der Waals surface area contributed by atoms with Crippen molar-refractivity contribution in [3.05, 3.63) is 48.6 Å². The summed E-state index contributed by atoms with van der Waals surface area (Å²) in [6, 6.07) is 0. The van der Waals surface area contributed by atoms with Crippen LogP contribution in [0.3, 0.4) is 0 Å². The molecule has 0 saturated carbocycles. The van der Waals surface area contributed by atoms with E-state index in [2.05, 4.69) is 62.5 Å². The van der Waals surface area contributed by atoms with E-state index in [1.54, 1.807) is 0 Å². The molecular weight excluding hydrogens is 307 g/mol. The second kappa shape index (κ2) is 7.03. The van der Waals surface area contributed by atoms with E-state index in [9.17, 15) is 0 Å². The summed E-state index contributed by atoms with van der Waals surface area (Å²) < 4.78 is 0.957. The molecule has 0 heterocycles. The average molecular weight is 334 g/mol. The van der Waals surface area contributed by atoms with Crippen molar-refractivity contribution in [1.29, 1.82) is 0 Å². The summed E-state index contributed by atoms with van der Waals surface area (Å²) in [4.78, 5) is 0. The van der Waals surface area contributed by atoms with Crippen molar-refractivity contribution in [2.45, 2.75) is 58.6 Å². The number of unbranched alkanes of at least 4 members (excludes halogenated alkanes) is 2. The quantitative estimate of drug-likeness (QED) is 0.509. The summed E-state index contributed by atoms with van der Waals surface area (Å²) in [5.41, 5.74) is 0. The molecular formula is C18H26Zr. The van der Waals surface area contributed by atoms with Gasteiger partial charge in [-0.25, -0.2) is 0 Å². The summed E-state index contributed by atoms with van der Waals surface area (Å²) >= 11 is -0.571. The molecule has 2 aliphatic rings. The van der Waals surface area contributed by atoms with E-state index < -0.39 is 23.2 Å². The topological polar surface area (TPSA) is 0 Å². The van der Waals surface area contributed by atoms with E-state index in [1.165, 1.54) is 38.5 Å². The Balaban J connectivity index is 2.10. The predicted molar refractivity (Wildman–Crippen MR) is 81.0 cm³/mol. The van der Waals surface area contributed by atoms with Crippen LogP contribution in [-0.4, -0.2) is 0 Å². The van der Waals surface area contributed by atoms with Crippen LogP contribution in [0.1, 0.15) is 52.4 Å². The fourth-order valence-electron chi connectivity index (χ4n) is 3.02. The van der Waals surface area contributed by atoms with Gasteiger partial charge in [0, 0.05) is 0 Å². The van der Waals surface area contributed by atoms with Crippen molar-refractivity contribution in [3.8, 4) is 0 Å². The minimum absolute atomic E-state index is 0.478. The molecule has 0 saturated heterocycles. The Kier molecular flexibility index (Phi) is 5.63. The van der Waals surface area contributed by atoms with Crippen molar-refractivity contribution < 1.29 is 23.2 Å². The van der Waals surface area contributed by atoms with Crippen LogP contribution >= 0.6 is 0 Å². The molecule has 19 heavy (non-hydrogen) atoms. The van der Waals surface area contributed by atoms with Crippen LogP contribution in [0.15, 0.2) is 48.6 Å². The number of allylic oxidation sites excluding steroid dienone is 8. The van der Waals surface area contributed by atoms with E-state index in [0.717, 1.165) is 0 Å². The van der Waals surface area contributed by atoms with E-state index >= 15 is 0 Å². The van der Waals surface area contributed by atoms with Crippen molar-refractivity contribution in [3.63, 3.8) is 0 Å². The van der Waals surface area contributed by atoms with Crippen LogP contribution in [0.4, 0.5) is 0 Å². The van der Waals surface area contributed by atoms with Gasteiger partial charge in [0.25, 0.3) is 0 Å². The third kappa shape index (κ3) is 3.91. The zero-order chi connectivity index (χ0) is 13.6. The van der Waals surface area contributed by atoms with Gasteiger partial charge in [0.05, 0.1) is 0 Å². The fraction of sp³-hybridized carbons (Fsp3) is 0.556. The SMILES string of the molecule is CCCC[C]1([Zr][C]2(CCCC)C=CC=C2)C=CC=C1. The Hall–Kier alpha value is -0.157. The summed E-state index contributed by atoms with van der Waals surface area (Å²) in [6.45, 7) is 4.62. The first kappa shape index (κ1) is 15.2. The second-order valence-corrected chi connectivity index (χ2v) is 11.0.